The molecule has 6 heteroatoms. The van der Waals surface area contributed by atoms with Gasteiger partial charge in [0, 0.05) is 13.1 Å². The first-order chi connectivity index (χ1) is 9.51. The fourth-order valence-electron chi connectivity index (χ4n) is 2.12. The molecular weight excluding hydrogens is 262 g/mol. The molecule has 1 fully saturated rings. The van der Waals surface area contributed by atoms with Crippen LogP contribution in [0.15, 0.2) is 24.3 Å². The van der Waals surface area contributed by atoms with Crippen LogP contribution in [0.2, 0.25) is 0 Å². The molecule has 6 nitrogen and oxygen atoms in total. The number of benzene rings is 1. The van der Waals surface area contributed by atoms with Gasteiger partial charge < -0.3 is 24.6 Å². The van der Waals surface area contributed by atoms with Gasteiger partial charge in [0.1, 0.15) is 11.5 Å². The predicted octanol–water partition coefficient (Wildman–Crippen LogP) is 0.0265. The topological polar surface area (TPSA) is 79.2 Å². The number of hydrogen-bond donors (Lipinski definition) is 2. The van der Waals surface area contributed by atoms with Gasteiger partial charge in [-0.25, -0.2) is 0 Å². The maximum Gasteiger partial charge on any atom is 0.263 e. The summed E-state index contributed by atoms with van der Waals surface area (Å²) >= 11 is 0. The number of nitrogens with zero attached hydrogens (tertiary/aromatic N) is 1. The van der Waals surface area contributed by atoms with E-state index in [1.807, 2.05) is 0 Å². The van der Waals surface area contributed by atoms with Gasteiger partial charge in [0.25, 0.3) is 5.91 Å². The maximum atomic E-state index is 12.1. The van der Waals surface area contributed by atoms with Crippen LogP contribution < -0.4 is 9.47 Å². The molecule has 110 valence electrons. The Hall–Kier alpha value is -1.79. The molecule has 0 aliphatic carbocycles. The summed E-state index contributed by atoms with van der Waals surface area (Å²) in [6.45, 7) is 1.91. The van der Waals surface area contributed by atoms with Crippen molar-refractivity contribution in [3.05, 3.63) is 24.3 Å². The van der Waals surface area contributed by atoms with Crippen molar-refractivity contribution in [3.8, 4) is 11.5 Å². The Kier molecular flexibility index (Phi) is 4.46. The highest BCUT2D eigenvalue weighted by atomic mass is 16.5. The van der Waals surface area contributed by atoms with Gasteiger partial charge in [-0.1, -0.05) is 0 Å². The molecule has 20 heavy (non-hydrogen) atoms. The van der Waals surface area contributed by atoms with Crippen LogP contribution in [0.1, 0.15) is 6.92 Å². The lowest BCUT2D eigenvalue weighted by Crippen LogP contribution is -2.39. The number of hydrogen-bond acceptors (Lipinski definition) is 5. The molecule has 2 rings (SSSR count). The Labute approximate surface area is 117 Å². The minimum atomic E-state index is -0.882. The molecule has 1 saturated heterocycles. The van der Waals surface area contributed by atoms with Crippen molar-refractivity contribution in [2.45, 2.75) is 25.2 Å². The molecule has 1 heterocycles. The molecule has 1 aliphatic rings. The number of β-amino-alcohol motifs (C(OH)–C–C–N with tert-alkyl or cyclic N) is 2. The molecule has 0 bridgehead atoms. The summed E-state index contributed by atoms with van der Waals surface area (Å²) in [5.41, 5.74) is 0. The highest BCUT2D eigenvalue weighted by Gasteiger charge is 2.34. The lowest BCUT2D eigenvalue weighted by molar-refractivity contribution is -0.137. The van der Waals surface area contributed by atoms with Crippen LogP contribution >= 0.6 is 0 Å². The van der Waals surface area contributed by atoms with Crippen molar-refractivity contribution in [2.75, 3.05) is 20.2 Å². The van der Waals surface area contributed by atoms with Gasteiger partial charge in [0.15, 0.2) is 6.10 Å². The third-order valence-corrected chi connectivity index (χ3v) is 3.29. The Morgan fingerprint density at radius 3 is 2.20 bits per heavy atom. The molecule has 0 aromatic heterocycles. The molecule has 2 N–H and O–H groups in total. The second-order valence-electron chi connectivity index (χ2n) is 4.81. The first-order valence-electron chi connectivity index (χ1n) is 6.47. The van der Waals surface area contributed by atoms with E-state index in [0.717, 1.165) is 0 Å². The molecule has 1 aliphatic heterocycles. The van der Waals surface area contributed by atoms with Gasteiger partial charge in [-0.05, 0) is 31.2 Å². The number of methoxy groups -OCH3 is 1. The molecule has 1 unspecified atom stereocenters. The summed E-state index contributed by atoms with van der Waals surface area (Å²) in [4.78, 5) is 13.5. The summed E-state index contributed by atoms with van der Waals surface area (Å²) in [5.74, 6) is 1.02. The zero-order valence-electron chi connectivity index (χ0n) is 11.5. The Morgan fingerprint density at radius 1 is 1.20 bits per heavy atom. The number of aliphatic hydroxyl groups is 2. The van der Waals surface area contributed by atoms with Crippen LogP contribution in [0.3, 0.4) is 0 Å². The third-order valence-electron chi connectivity index (χ3n) is 3.29. The van der Waals surface area contributed by atoms with Crippen molar-refractivity contribution < 1.29 is 24.5 Å². The summed E-state index contributed by atoms with van der Waals surface area (Å²) in [6.07, 6.45) is -2.44. The second kappa shape index (κ2) is 6.11. The summed E-state index contributed by atoms with van der Waals surface area (Å²) in [6, 6.07) is 6.93. The van der Waals surface area contributed by atoms with Crippen LogP contribution in [0.5, 0.6) is 11.5 Å². The van der Waals surface area contributed by atoms with Crippen LogP contribution in [-0.4, -0.2) is 59.5 Å². The van der Waals surface area contributed by atoms with Crippen molar-refractivity contribution in [1.82, 2.24) is 4.90 Å². The maximum absolute atomic E-state index is 12.1. The van der Waals surface area contributed by atoms with Crippen LogP contribution in [0, 0.1) is 0 Å². The average molecular weight is 281 g/mol. The Morgan fingerprint density at radius 2 is 1.70 bits per heavy atom. The fourth-order valence-corrected chi connectivity index (χ4v) is 2.12. The SMILES string of the molecule is COc1ccc(OC(C)C(=O)N2C[C@@H](O)[C@@H](O)C2)cc1. The molecule has 3 atom stereocenters. The van der Waals surface area contributed by atoms with E-state index in [4.69, 9.17) is 9.47 Å². The third kappa shape index (κ3) is 3.20. The lowest BCUT2D eigenvalue weighted by Gasteiger charge is -2.21. The highest BCUT2D eigenvalue weighted by molar-refractivity contribution is 5.81. The quantitative estimate of drug-likeness (QED) is 0.814. The van der Waals surface area contributed by atoms with Gasteiger partial charge in [-0.15, -0.1) is 0 Å². The van der Waals surface area contributed by atoms with Crippen molar-refractivity contribution in [3.63, 3.8) is 0 Å². The molecule has 1 amide bonds. The van der Waals surface area contributed by atoms with E-state index in [2.05, 4.69) is 0 Å². The van der Waals surface area contributed by atoms with Gasteiger partial charge in [0.2, 0.25) is 0 Å². The van der Waals surface area contributed by atoms with E-state index in [0.29, 0.717) is 11.5 Å². The number of ether oxygens (including phenoxy) is 2. The lowest BCUT2D eigenvalue weighted by atomic mass is 10.3. The standard InChI is InChI=1S/C14H19NO5/c1-9(14(18)15-7-12(16)13(17)8-15)20-11-5-3-10(19-2)4-6-11/h3-6,9,12-13,16-17H,7-8H2,1-2H3/t9?,12-,13+. The fraction of sp³-hybridized carbons (Fsp3) is 0.500. The van der Waals surface area contributed by atoms with E-state index < -0.39 is 18.3 Å². The van der Waals surface area contributed by atoms with Gasteiger partial charge in [0.05, 0.1) is 19.3 Å². The van der Waals surface area contributed by atoms with E-state index >= 15 is 0 Å². The highest BCUT2D eigenvalue weighted by Crippen LogP contribution is 2.19. The minimum Gasteiger partial charge on any atom is -0.497 e. The number of amides is 1. The van der Waals surface area contributed by atoms with Crippen molar-refractivity contribution in [2.24, 2.45) is 0 Å². The van der Waals surface area contributed by atoms with E-state index in [9.17, 15) is 15.0 Å². The molecule has 0 radical (unpaired) electrons. The zero-order valence-corrected chi connectivity index (χ0v) is 11.5. The molecule has 0 saturated carbocycles. The normalized spacial score (nSPS) is 23.5. The predicted molar refractivity (Wildman–Crippen MR) is 71.7 cm³/mol. The Balaban J connectivity index is 1.93. The number of likely N-dealkylation sites (tertiary alicyclic amines) is 1. The van der Waals surface area contributed by atoms with Gasteiger partial charge in [-0.3, -0.25) is 4.79 Å². The molecule has 0 spiro atoms. The monoisotopic (exact) mass is 281 g/mol. The van der Waals surface area contributed by atoms with Crippen LogP contribution in [0.25, 0.3) is 0 Å². The summed E-state index contributed by atoms with van der Waals surface area (Å²) in [5, 5.41) is 18.9. The van der Waals surface area contributed by atoms with Gasteiger partial charge >= 0.3 is 0 Å². The van der Waals surface area contributed by atoms with E-state index in [1.54, 1.807) is 38.3 Å². The molecule has 1 aromatic rings. The van der Waals surface area contributed by atoms with Crippen LogP contribution in [0.4, 0.5) is 0 Å². The number of rotatable bonds is 4. The van der Waals surface area contributed by atoms with E-state index in [1.165, 1.54) is 4.90 Å². The number of carbonyl (C=O) groups excluding carboxylic acids is 1. The van der Waals surface area contributed by atoms with Crippen molar-refractivity contribution in [1.29, 1.82) is 0 Å². The second-order valence-corrected chi connectivity index (χ2v) is 4.81. The Bertz CT molecular complexity index is 451. The average Bonchev–Trinajstić information content (AvgIpc) is 2.78. The number of carbonyl (C=O) groups is 1. The van der Waals surface area contributed by atoms with E-state index in [-0.39, 0.29) is 19.0 Å². The molecule has 1 aromatic carbocycles. The first-order valence-corrected chi connectivity index (χ1v) is 6.47. The largest absolute Gasteiger partial charge is 0.497 e. The summed E-state index contributed by atoms with van der Waals surface area (Å²) in [7, 11) is 1.58. The van der Waals surface area contributed by atoms with Crippen molar-refractivity contribution >= 4 is 5.91 Å². The number of aliphatic hydroxyl groups excluding tert-OH is 2. The van der Waals surface area contributed by atoms with Crippen LogP contribution in [-0.2, 0) is 4.79 Å². The minimum absolute atomic E-state index is 0.135. The van der Waals surface area contributed by atoms with Gasteiger partial charge in [-0.2, -0.15) is 0 Å². The summed E-state index contributed by atoms with van der Waals surface area (Å²) < 4.78 is 10.6. The smallest absolute Gasteiger partial charge is 0.263 e. The molecular formula is C14H19NO5. The first kappa shape index (κ1) is 14.6. The zero-order chi connectivity index (χ0) is 14.7.